The molecule has 0 aliphatic heterocycles. The van der Waals surface area contributed by atoms with Crippen molar-refractivity contribution in [2.24, 2.45) is 0 Å². The molecule has 90 valence electrons. The molecule has 0 saturated carbocycles. The van der Waals surface area contributed by atoms with Crippen molar-refractivity contribution < 1.29 is 18.3 Å². The molecule has 1 heterocycles. The summed E-state index contributed by atoms with van der Waals surface area (Å²) in [5.41, 5.74) is 0. The Balaban J connectivity index is 2.59. The number of hydrogen-bond acceptors (Lipinski definition) is 4. The number of aromatic amines is 1. The molecule has 0 atom stereocenters. The minimum absolute atomic E-state index is 0.0853. The molecule has 16 heavy (non-hydrogen) atoms. The number of carboxylic acid groups (broad SMARTS) is 1. The first-order chi connectivity index (χ1) is 7.42. The Hall–Kier alpha value is -1.61. The standard InChI is InChI=1S/C7H12N4O4S/c1-11(5-2-6(12)13)16(14,15)10-7-8-3-4-9-7/h3-4H,2,5H2,1H3,(H,12,13)(H2,8,9,10). The maximum Gasteiger partial charge on any atom is 0.304 e. The Morgan fingerprint density at radius 2 is 2.38 bits per heavy atom. The lowest BCUT2D eigenvalue weighted by atomic mass is 10.4. The molecule has 0 fully saturated rings. The molecule has 0 amide bonds. The number of carboxylic acids is 1. The van der Waals surface area contributed by atoms with Gasteiger partial charge in [-0.2, -0.15) is 12.7 Å². The van der Waals surface area contributed by atoms with Gasteiger partial charge in [-0.1, -0.05) is 0 Å². The van der Waals surface area contributed by atoms with Gasteiger partial charge in [0, 0.05) is 26.0 Å². The second-order valence-electron chi connectivity index (χ2n) is 3.01. The van der Waals surface area contributed by atoms with Crippen LogP contribution in [0.1, 0.15) is 6.42 Å². The van der Waals surface area contributed by atoms with Crippen LogP contribution in [-0.2, 0) is 15.0 Å². The van der Waals surface area contributed by atoms with Crippen LogP contribution in [0.3, 0.4) is 0 Å². The highest BCUT2D eigenvalue weighted by Crippen LogP contribution is 2.04. The zero-order chi connectivity index (χ0) is 12.2. The van der Waals surface area contributed by atoms with Gasteiger partial charge in [-0.3, -0.25) is 4.79 Å². The van der Waals surface area contributed by atoms with Crippen molar-refractivity contribution in [3.63, 3.8) is 0 Å². The van der Waals surface area contributed by atoms with E-state index in [0.29, 0.717) is 0 Å². The van der Waals surface area contributed by atoms with Crippen LogP contribution in [0.5, 0.6) is 0 Å². The van der Waals surface area contributed by atoms with E-state index in [1.54, 1.807) is 0 Å². The second kappa shape index (κ2) is 4.94. The van der Waals surface area contributed by atoms with Gasteiger partial charge in [-0.15, -0.1) is 0 Å². The zero-order valence-electron chi connectivity index (χ0n) is 8.54. The van der Waals surface area contributed by atoms with Gasteiger partial charge in [0.05, 0.1) is 6.42 Å². The fraction of sp³-hybridized carbons (Fsp3) is 0.429. The molecular formula is C7H12N4O4S. The van der Waals surface area contributed by atoms with Gasteiger partial charge in [0.2, 0.25) is 5.95 Å². The number of imidazole rings is 1. The molecule has 8 nitrogen and oxygen atoms in total. The zero-order valence-corrected chi connectivity index (χ0v) is 9.36. The van der Waals surface area contributed by atoms with E-state index >= 15 is 0 Å². The summed E-state index contributed by atoms with van der Waals surface area (Å²) in [5.74, 6) is -0.970. The number of carbonyl (C=O) groups is 1. The van der Waals surface area contributed by atoms with Crippen LogP contribution in [0.15, 0.2) is 12.4 Å². The molecule has 0 aliphatic carbocycles. The number of nitrogens with zero attached hydrogens (tertiary/aromatic N) is 2. The number of H-pyrrole nitrogens is 1. The van der Waals surface area contributed by atoms with Crippen LogP contribution in [-0.4, -0.2) is 47.4 Å². The number of aliphatic carboxylic acids is 1. The number of hydrogen-bond donors (Lipinski definition) is 3. The molecule has 0 unspecified atom stereocenters. The average Bonchev–Trinajstić information content (AvgIpc) is 2.65. The lowest BCUT2D eigenvalue weighted by molar-refractivity contribution is -0.137. The molecule has 0 aromatic carbocycles. The summed E-state index contributed by atoms with van der Waals surface area (Å²) >= 11 is 0. The Kier molecular flexibility index (Phi) is 3.85. The highest BCUT2D eigenvalue weighted by molar-refractivity contribution is 7.90. The Labute approximate surface area is 92.5 Å². The van der Waals surface area contributed by atoms with Gasteiger partial charge in [0.15, 0.2) is 0 Å². The largest absolute Gasteiger partial charge is 0.481 e. The summed E-state index contributed by atoms with van der Waals surface area (Å²) in [7, 11) is -2.47. The monoisotopic (exact) mass is 248 g/mol. The Morgan fingerprint density at radius 1 is 1.69 bits per heavy atom. The van der Waals surface area contributed by atoms with E-state index in [1.807, 2.05) is 0 Å². The van der Waals surface area contributed by atoms with E-state index in [9.17, 15) is 13.2 Å². The molecular weight excluding hydrogens is 236 g/mol. The van der Waals surface area contributed by atoms with Crippen molar-refractivity contribution in [3.05, 3.63) is 12.4 Å². The molecule has 0 radical (unpaired) electrons. The van der Waals surface area contributed by atoms with Crippen molar-refractivity contribution in [1.29, 1.82) is 0 Å². The molecule has 1 aromatic heterocycles. The summed E-state index contributed by atoms with van der Waals surface area (Å²) in [6.07, 6.45) is 2.61. The molecule has 0 aliphatic rings. The van der Waals surface area contributed by atoms with E-state index in [0.717, 1.165) is 4.31 Å². The van der Waals surface area contributed by atoms with Crippen molar-refractivity contribution >= 4 is 22.1 Å². The SMILES string of the molecule is CN(CCC(=O)O)S(=O)(=O)Nc1ncc[nH]1. The first kappa shape index (κ1) is 12.5. The molecule has 3 N–H and O–H groups in total. The third-order valence-electron chi connectivity index (χ3n) is 1.77. The minimum Gasteiger partial charge on any atom is -0.481 e. The maximum atomic E-state index is 11.6. The smallest absolute Gasteiger partial charge is 0.304 e. The third-order valence-corrected chi connectivity index (χ3v) is 3.23. The van der Waals surface area contributed by atoms with Gasteiger partial charge in [-0.05, 0) is 0 Å². The fourth-order valence-electron chi connectivity index (χ4n) is 0.894. The van der Waals surface area contributed by atoms with E-state index in [1.165, 1.54) is 19.4 Å². The van der Waals surface area contributed by atoms with Gasteiger partial charge in [0.25, 0.3) is 0 Å². The summed E-state index contributed by atoms with van der Waals surface area (Å²) in [4.78, 5) is 16.5. The van der Waals surface area contributed by atoms with Crippen molar-refractivity contribution in [2.45, 2.75) is 6.42 Å². The van der Waals surface area contributed by atoms with E-state index in [4.69, 9.17) is 5.11 Å². The molecule has 0 bridgehead atoms. The van der Waals surface area contributed by atoms with Crippen LogP contribution in [0.2, 0.25) is 0 Å². The average molecular weight is 248 g/mol. The normalized spacial score (nSPS) is 11.6. The topological polar surface area (TPSA) is 115 Å². The van der Waals surface area contributed by atoms with E-state index in [2.05, 4.69) is 14.7 Å². The first-order valence-corrected chi connectivity index (χ1v) is 5.81. The molecule has 9 heteroatoms. The van der Waals surface area contributed by atoms with Crippen LogP contribution in [0.4, 0.5) is 5.95 Å². The number of anilines is 1. The summed E-state index contributed by atoms with van der Waals surface area (Å²) in [6.45, 7) is -0.106. The predicted octanol–water partition coefficient (Wildman–Crippen LogP) is -0.527. The Bertz CT molecular complexity index is 441. The highest BCUT2D eigenvalue weighted by atomic mass is 32.2. The third kappa shape index (κ3) is 3.51. The molecule has 0 saturated heterocycles. The van der Waals surface area contributed by atoms with Crippen LogP contribution < -0.4 is 4.72 Å². The van der Waals surface area contributed by atoms with Crippen molar-refractivity contribution in [3.8, 4) is 0 Å². The fourth-order valence-corrected chi connectivity index (χ4v) is 1.74. The molecule has 0 spiro atoms. The van der Waals surface area contributed by atoms with Crippen LogP contribution >= 0.6 is 0 Å². The molecule has 1 rings (SSSR count). The summed E-state index contributed by atoms with van der Waals surface area (Å²) in [5, 5.41) is 8.42. The maximum absolute atomic E-state index is 11.6. The van der Waals surface area contributed by atoms with Gasteiger partial charge in [0.1, 0.15) is 0 Å². The van der Waals surface area contributed by atoms with Gasteiger partial charge in [-0.25, -0.2) is 9.71 Å². The quantitative estimate of drug-likeness (QED) is 0.626. The predicted molar refractivity (Wildman–Crippen MR) is 56.0 cm³/mol. The van der Waals surface area contributed by atoms with Crippen molar-refractivity contribution in [1.82, 2.24) is 14.3 Å². The van der Waals surface area contributed by atoms with Crippen LogP contribution in [0.25, 0.3) is 0 Å². The van der Waals surface area contributed by atoms with Crippen LogP contribution in [0, 0.1) is 0 Å². The number of aromatic nitrogens is 2. The minimum atomic E-state index is -3.75. The number of rotatable bonds is 6. The second-order valence-corrected chi connectivity index (χ2v) is 4.79. The van der Waals surface area contributed by atoms with Gasteiger partial charge >= 0.3 is 16.2 Å². The van der Waals surface area contributed by atoms with E-state index < -0.39 is 16.2 Å². The Morgan fingerprint density at radius 3 is 2.88 bits per heavy atom. The highest BCUT2D eigenvalue weighted by Gasteiger charge is 2.18. The first-order valence-electron chi connectivity index (χ1n) is 4.37. The molecule has 1 aromatic rings. The lowest BCUT2D eigenvalue weighted by Crippen LogP contribution is -2.34. The summed E-state index contributed by atoms with van der Waals surface area (Å²) < 4.78 is 26.2. The van der Waals surface area contributed by atoms with Gasteiger partial charge < -0.3 is 10.1 Å². The number of nitrogens with one attached hydrogen (secondary N) is 2. The summed E-state index contributed by atoms with van der Waals surface area (Å²) in [6, 6.07) is 0. The van der Waals surface area contributed by atoms with E-state index in [-0.39, 0.29) is 18.9 Å². The lowest BCUT2D eigenvalue weighted by Gasteiger charge is -2.15. The van der Waals surface area contributed by atoms with Crippen molar-refractivity contribution in [2.75, 3.05) is 18.3 Å².